The summed E-state index contributed by atoms with van der Waals surface area (Å²) in [6.07, 6.45) is 5.41. The number of nitrogens with zero attached hydrogens (tertiary/aromatic N) is 6. The molecule has 0 atom stereocenters. The summed E-state index contributed by atoms with van der Waals surface area (Å²) in [5.74, 6) is 1.33. The molecule has 4 aromatic heterocycles. The van der Waals surface area contributed by atoms with Gasteiger partial charge in [-0.3, -0.25) is 9.97 Å². The zero-order chi connectivity index (χ0) is 29.3. The van der Waals surface area contributed by atoms with Gasteiger partial charge in [-0.2, -0.15) is 0 Å². The Morgan fingerprint density at radius 1 is 0.386 bits per heavy atom. The minimum absolute atomic E-state index is 0.662. The molecule has 0 spiro atoms. The van der Waals surface area contributed by atoms with E-state index in [0.29, 0.717) is 11.6 Å². The molecule has 0 saturated carbocycles. The molecule has 0 bridgehead atoms. The van der Waals surface area contributed by atoms with Gasteiger partial charge in [0, 0.05) is 46.1 Å². The third-order valence-electron chi connectivity index (χ3n) is 7.63. The summed E-state index contributed by atoms with van der Waals surface area (Å²) < 4.78 is 0. The summed E-state index contributed by atoms with van der Waals surface area (Å²) in [5, 5.41) is 1.93. The quantitative estimate of drug-likeness (QED) is 0.208. The summed E-state index contributed by atoms with van der Waals surface area (Å²) in [7, 11) is 0. The SMILES string of the molecule is c1ccc(-c2nc(-c3ccccn3)c3cc(-c4cccc(-c5nc(-c6cccnc6)c6ccccc6n5)c4)ccc3n2)cc1. The molecule has 0 radical (unpaired) electrons. The molecular weight excluding hydrogens is 540 g/mol. The first-order valence-electron chi connectivity index (χ1n) is 14.4. The van der Waals surface area contributed by atoms with Crippen molar-refractivity contribution >= 4 is 21.8 Å². The van der Waals surface area contributed by atoms with Crippen LogP contribution in [0.15, 0.2) is 146 Å². The lowest BCUT2D eigenvalue weighted by molar-refractivity contribution is 1.20. The summed E-state index contributed by atoms with van der Waals surface area (Å²) in [5.41, 5.74) is 9.14. The molecule has 6 nitrogen and oxygen atoms in total. The average molecular weight is 565 g/mol. The number of aromatic nitrogens is 6. The zero-order valence-corrected chi connectivity index (χ0v) is 23.5. The van der Waals surface area contributed by atoms with Gasteiger partial charge in [0.2, 0.25) is 0 Å². The van der Waals surface area contributed by atoms with Gasteiger partial charge in [-0.25, -0.2) is 19.9 Å². The van der Waals surface area contributed by atoms with Crippen LogP contribution in [0.1, 0.15) is 0 Å². The van der Waals surface area contributed by atoms with Crippen molar-refractivity contribution < 1.29 is 0 Å². The molecule has 0 aliphatic carbocycles. The fourth-order valence-electron chi connectivity index (χ4n) is 5.49. The lowest BCUT2D eigenvalue weighted by Gasteiger charge is -2.12. The topological polar surface area (TPSA) is 77.3 Å². The predicted molar refractivity (Wildman–Crippen MR) is 175 cm³/mol. The van der Waals surface area contributed by atoms with Crippen LogP contribution in [-0.4, -0.2) is 29.9 Å². The molecule has 0 amide bonds. The number of benzene rings is 4. The first-order valence-corrected chi connectivity index (χ1v) is 14.4. The Balaban J connectivity index is 1.27. The first-order chi connectivity index (χ1) is 21.8. The Bertz CT molecular complexity index is 2270. The van der Waals surface area contributed by atoms with E-state index in [-0.39, 0.29) is 0 Å². The molecule has 8 aromatic rings. The molecule has 0 aliphatic heterocycles. The van der Waals surface area contributed by atoms with E-state index in [9.17, 15) is 0 Å². The number of fused-ring (bicyclic) bond motifs is 2. The second kappa shape index (κ2) is 10.9. The van der Waals surface area contributed by atoms with E-state index >= 15 is 0 Å². The van der Waals surface area contributed by atoms with Crippen LogP contribution in [-0.2, 0) is 0 Å². The van der Waals surface area contributed by atoms with Gasteiger partial charge in [-0.05, 0) is 59.7 Å². The van der Waals surface area contributed by atoms with Crippen molar-refractivity contribution in [2.45, 2.75) is 0 Å². The molecule has 0 N–H and O–H groups in total. The minimum Gasteiger partial charge on any atom is -0.264 e. The van der Waals surface area contributed by atoms with Gasteiger partial charge in [0.15, 0.2) is 11.6 Å². The lowest BCUT2D eigenvalue weighted by atomic mass is 9.99. The van der Waals surface area contributed by atoms with E-state index in [4.69, 9.17) is 19.9 Å². The van der Waals surface area contributed by atoms with E-state index in [1.165, 1.54) is 0 Å². The highest BCUT2D eigenvalue weighted by atomic mass is 14.9. The van der Waals surface area contributed by atoms with Crippen molar-refractivity contribution in [3.8, 4) is 56.5 Å². The van der Waals surface area contributed by atoms with E-state index in [1.54, 1.807) is 12.4 Å². The maximum atomic E-state index is 5.04. The van der Waals surface area contributed by atoms with E-state index in [2.05, 4.69) is 52.4 Å². The normalized spacial score (nSPS) is 11.2. The van der Waals surface area contributed by atoms with Crippen LogP contribution in [0.3, 0.4) is 0 Å². The predicted octanol–water partition coefficient (Wildman–Crippen LogP) is 8.70. The molecule has 6 heteroatoms. The fraction of sp³-hybridized carbons (Fsp3) is 0. The van der Waals surface area contributed by atoms with Crippen LogP contribution in [0, 0.1) is 0 Å². The molecule has 0 aliphatic rings. The molecule has 4 aromatic carbocycles. The highest BCUT2D eigenvalue weighted by molar-refractivity contribution is 5.96. The molecule has 0 fully saturated rings. The summed E-state index contributed by atoms with van der Waals surface area (Å²) >= 11 is 0. The Kier molecular flexibility index (Phi) is 6.35. The number of rotatable bonds is 5. The van der Waals surface area contributed by atoms with Crippen molar-refractivity contribution in [1.29, 1.82) is 0 Å². The minimum atomic E-state index is 0.662. The summed E-state index contributed by atoms with van der Waals surface area (Å²) in [6, 6.07) is 42.6. The highest BCUT2D eigenvalue weighted by Crippen LogP contribution is 2.34. The fourth-order valence-corrected chi connectivity index (χ4v) is 5.49. The molecule has 0 unspecified atom stereocenters. The van der Waals surface area contributed by atoms with Crippen LogP contribution in [0.5, 0.6) is 0 Å². The second-order valence-electron chi connectivity index (χ2n) is 10.4. The maximum absolute atomic E-state index is 5.04. The monoisotopic (exact) mass is 564 g/mol. The molecule has 8 rings (SSSR count). The van der Waals surface area contributed by atoms with Crippen molar-refractivity contribution in [2.75, 3.05) is 0 Å². The van der Waals surface area contributed by atoms with Gasteiger partial charge >= 0.3 is 0 Å². The van der Waals surface area contributed by atoms with E-state index in [1.807, 2.05) is 91.1 Å². The Morgan fingerprint density at radius 2 is 1.09 bits per heavy atom. The largest absolute Gasteiger partial charge is 0.264 e. The third-order valence-corrected chi connectivity index (χ3v) is 7.63. The Hall–Kier alpha value is -6.14. The lowest BCUT2D eigenvalue weighted by Crippen LogP contribution is -1.97. The number of hydrogen-bond acceptors (Lipinski definition) is 6. The average Bonchev–Trinajstić information content (AvgIpc) is 3.11. The summed E-state index contributed by atoms with van der Waals surface area (Å²) in [4.78, 5) is 28.9. The third kappa shape index (κ3) is 4.74. The molecule has 4 heterocycles. The second-order valence-corrected chi connectivity index (χ2v) is 10.4. The smallest absolute Gasteiger partial charge is 0.160 e. The van der Waals surface area contributed by atoms with Crippen molar-refractivity contribution in [3.05, 3.63) is 146 Å². The van der Waals surface area contributed by atoms with E-state index < -0.39 is 0 Å². The first kappa shape index (κ1) is 25.6. The van der Waals surface area contributed by atoms with Gasteiger partial charge < -0.3 is 0 Å². The van der Waals surface area contributed by atoms with Crippen LogP contribution >= 0.6 is 0 Å². The van der Waals surface area contributed by atoms with Crippen LogP contribution < -0.4 is 0 Å². The molecular formula is C38H24N6. The van der Waals surface area contributed by atoms with Gasteiger partial charge in [0.1, 0.15) is 5.69 Å². The number of para-hydroxylation sites is 1. The number of pyridine rings is 2. The van der Waals surface area contributed by atoms with Gasteiger partial charge in [-0.15, -0.1) is 0 Å². The van der Waals surface area contributed by atoms with Crippen molar-refractivity contribution in [3.63, 3.8) is 0 Å². The van der Waals surface area contributed by atoms with Crippen molar-refractivity contribution in [1.82, 2.24) is 29.9 Å². The molecule has 0 saturated heterocycles. The molecule has 44 heavy (non-hydrogen) atoms. The number of hydrogen-bond donors (Lipinski definition) is 0. The van der Waals surface area contributed by atoms with Crippen LogP contribution in [0.2, 0.25) is 0 Å². The van der Waals surface area contributed by atoms with Crippen LogP contribution in [0.25, 0.3) is 78.4 Å². The van der Waals surface area contributed by atoms with Gasteiger partial charge in [-0.1, -0.05) is 78.9 Å². The zero-order valence-electron chi connectivity index (χ0n) is 23.5. The van der Waals surface area contributed by atoms with Crippen LogP contribution in [0.4, 0.5) is 0 Å². The highest BCUT2D eigenvalue weighted by Gasteiger charge is 2.15. The van der Waals surface area contributed by atoms with Gasteiger partial charge in [0.05, 0.1) is 22.4 Å². The molecule has 206 valence electrons. The van der Waals surface area contributed by atoms with Gasteiger partial charge in [0.25, 0.3) is 0 Å². The summed E-state index contributed by atoms with van der Waals surface area (Å²) in [6.45, 7) is 0. The van der Waals surface area contributed by atoms with Crippen molar-refractivity contribution in [2.24, 2.45) is 0 Å². The maximum Gasteiger partial charge on any atom is 0.160 e. The standard InChI is InChI=1S/C38H24N6/c1-2-10-25(11-3-1)37-42-33-19-18-27(23-31(33)36(44-37)34-17-6-7-21-40-34)26-12-8-13-28(22-26)38-41-32-16-5-4-15-30(32)35(43-38)29-14-9-20-39-24-29/h1-24H. The Labute approximate surface area is 253 Å². The Morgan fingerprint density at radius 3 is 1.93 bits per heavy atom. The van der Waals surface area contributed by atoms with E-state index in [0.717, 1.165) is 66.7 Å².